The number of methoxy groups -OCH3 is 2. The van der Waals surface area contributed by atoms with Gasteiger partial charge in [0.25, 0.3) is 5.91 Å². The van der Waals surface area contributed by atoms with Gasteiger partial charge >= 0.3 is 0 Å². The molecule has 1 aliphatic heterocycles. The molecule has 0 spiro atoms. The van der Waals surface area contributed by atoms with Crippen LogP contribution in [0.5, 0.6) is 17.2 Å². The molecule has 0 aliphatic carbocycles. The first-order valence-corrected chi connectivity index (χ1v) is 8.33. The Hall–Kier alpha value is -3.48. The monoisotopic (exact) mass is 368 g/mol. The van der Waals surface area contributed by atoms with Crippen molar-refractivity contribution >= 4 is 29.3 Å². The third-order valence-electron chi connectivity index (χ3n) is 4.03. The van der Waals surface area contributed by atoms with E-state index >= 15 is 0 Å². The lowest BCUT2D eigenvalue weighted by Gasteiger charge is -2.23. The van der Waals surface area contributed by atoms with Gasteiger partial charge in [0, 0.05) is 17.3 Å². The van der Waals surface area contributed by atoms with Crippen LogP contribution in [0, 0.1) is 0 Å². The Labute approximate surface area is 156 Å². The second-order valence-electron chi connectivity index (χ2n) is 5.89. The lowest BCUT2D eigenvalue weighted by atomic mass is 10.1. The van der Waals surface area contributed by atoms with Crippen LogP contribution in [0.1, 0.15) is 12.5 Å². The lowest BCUT2D eigenvalue weighted by Crippen LogP contribution is -2.34. The van der Waals surface area contributed by atoms with E-state index in [-0.39, 0.29) is 11.8 Å². The fourth-order valence-corrected chi connectivity index (χ4v) is 2.61. The summed E-state index contributed by atoms with van der Waals surface area (Å²) in [6, 6.07) is 10.4. The van der Waals surface area contributed by atoms with E-state index in [0.717, 1.165) is 0 Å². The number of anilines is 2. The molecule has 7 nitrogen and oxygen atoms in total. The molecule has 1 unspecified atom stereocenters. The molecule has 1 heterocycles. The number of hydrogen-bond acceptors (Lipinski definition) is 5. The van der Waals surface area contributed by atoms with E-state index in [2.05, 4.69) is 10.6 Å². The Morgan fingerprint density at radius 1 is 1.19 bits per heavy atom. The fourth-order valence-electron chi connectivity index (χ4n) is 2.61. The highest BCUT2D eigenvalue weighted by molar-refractivity contribution is 6.03. The van der Waals surface area contributed by atoms with Crippen molar-refractivity contribution in [2.45, 2.75) is 13.0 Å². The number of fused-ring (bicyclic) bond motifs is 1. The molecule has 0 radical (unpaired) electrons. The highest BCUT2D eigenvalue weighted by Crippen LogP contribution is 2.32. The van der Waals surface area contributed by atoms with Gasteiger partial charge in [-0.25, -0.2) is 0 Å². The predicted octanol–water partition coefficient (Wildman–Crippen LogP) is 3.08. The zero-order chi connectivity index (χ0) is 19.4. The standard InChI is InChI=1S/C20H20N2O5/c1-12-20(24)22-16-11-14(5-7-18(16)27-12)21-19(23)9-4-13-10-15(25-2)6-8-17(13)26-3/h4-12H,1-3H3,(H,21,23)(H,22,24). The summed E-state index contributed by atoms with van der Waals surface area (Å²) in [5.74, 6) is 1.31. The van der Waals surface area contributed by atoms with Gasteiger partial charge in [0.05, 0.1) is 19.9 Å². The zero-order valence-corrected chi connectivity index (χ0v) is 15.2. The van der Waals surface area contributed by atoms with Crippen molar-refractivity contribution in [3.63, 3.8) is 0 Å². The minimum Gasteiger partial charge on any atom is -0.497 e. The van der Waals surface area contributed by atoms with Crippen molar-refractivity contribution in [3.8, 4) is 17.2 Å². The number of rotatable bonds is 5. The maximum absolute atomic E-state index is 12.2. The van der Waals surface area contributed by atoms with Crippen molar-refractivity contribution in [2.75, 3.05) is 24.9 Å². The molecular weight excluding hydrogens is 348 g/mol. The molecule has 2 aromatic carbocycles. The van der Waals surface area contributed by atoms with Gasteiger partial charge in [0.1, 0.15) is 17.2 Å². The van der Waals surface area contributed by atoms with E-state index in [1.165, 1.54) is 6.08 Å². The van der Waals surface area contributed by atoms with Crippen LogP contribution >= 0.6 is 0 Å². The van der Waals surface area contributed by atoms with E-state index in [9.17, 15) is 9.59 Å². The van der Waals surface area contributed by atoms with Gasteiger partial charge in [0.2, 0.25) is 5.91 Å². The van der Waals surface area contributed by atoms with Crippen molar-refractivity contribution < 1.29 is 23.8 Å². The number of hydrogen-bond donors (Lipinski definition) is 2. The van der Waals surface area contributed by atoms with Gasteiger partial charge in [-0.05, 0) is 49.4 Å². The fraction of sp³-hybridized carbons (Fsp3) is 0.200. The molecule has 140 valence electrons. The summed E-state index contributed by atoms with van der Waals surface area (Å²) in [6.45, 7) is 1.67. The van der Waals surface area contributed by atoms with Crippen LogP contribution in [0.25, 0.3) is 6.08 Å². The van der Waals surface area contributed by atoms with Gasteiger partial charge in [-0.2, -0.15) is 0 Å². The van der Waals surface area contributed by atoms with Crippen LogP contribution in [0.4, 0.5) is 11.4 Å². The number of ether oxygens (including phenoxy) is 3. The van der Waals surface area contributed by atoms with Crippen molar-refractivity contribution in [1.29, 1.82) is 0 Å². The number of benzene rings is 2. The Balaban J connectivity index is 1.72. The van der Waals surface area contributed by atoms with E-state index < -0.39 is 6.10 Å². The van der Waals surface area contributed by atoms with E-state index in [1.807, 2.05) is 0 Å². The molecule has 2 N–H and O–H groups in total. The summed E-state index contributed by atoms with van der Waals surface area (Å²) in [5, 5.41) is 5.49. The molecule has 0 bridgehead atoms. The maximum Gasteiger partial charge on any atom is 0.265 e. The van der Waals surface area contributed by atoms with E-state index in [4.69, 9.17) is 14.2 Å². The highest BCUT2D eigenvalue weighted by atomic mass is 16.5. The smallest absolute Gasteiger partial charge is 0.265 e. The summed E-state index contributed by atoms with van der Waals surface area (Å²) >= 11 is 0. The van der Waals surface area contributed by atoms with Crippen molar-refractivity contribution in [2.24, 2.45) is 0 Å². The molecule has 0 fully saturated rings. The summed E-state index contributed by atoms with van der Waals surface area (Å²) < 4.78 is 16.0. The number of carbonyl (C=O) groups is 2. The molecule has 0 aromatic heterocycles. The van der Waals surface area contributed by atoms with Crippen molar-refractivity contribution in [1.82, 2.24) is 0 Å². The highest BCUT2D eigenvalue weighted by Gasteiger charge is 2.23. The van der Waals surface area contributed by atoms with Crippen molar-refractivity contribution in [3.05, 3.63) is 48.0 Å². The van der Waals surface area contributed by atoms with E-state index in [1.54, 1.807) is 63.6 Å². The second-order valence-corrected chi connectivity index (χ2v) is 5.89. The first-order chi connectivity index (χ1) is 13.0. The van der Waals surface area contributed by atoms with Crippen LogP contribution in [-0.4, -0.2) is 32.1 Å². The van der Waals surface area contributed by atoms with Gasteiger partial charge in [0.15, 0.2) is 6.10 Å². The summed E-state index contributed by atoms with van der Waals surface area (Å²) in [7, 11) is 3.13. The molecule has 0 saturated heterocycles. The van der Waals surface area contributed by atoms with Gasteiger partial charge < -0.3 is 24.8 Å². The average molecular weight is 368 g/mol. The third-order valence-corrected chi connectivity index (χ3v) is 4.03. The number of amides is 2. The maximum atomic E-state index is 12.2. The molecular formula is C20H20N2O5. The van der Waals surface area contributed by atoms with Crippen LogP contribution < -0.4 is 24.8 Å². The van der Waals surface area contributed by atoms with E-state index in [0.29, 0.717) is 34.2 Å². The summed E-state index contributed by atoms with van der Waals surface area (Å²) in [4.78, 5) is 23.9. The lowest BCUT2D eigenvalue weighted by molar-refractivity contribution is -0.122. The second kappa shape index (κ2) is 7.82. The topological polar surface area (TPSA) is 85.9 Å². The third kappa shape index (κ3) is 4.20. The number of nitrogens with one attached hydrogen (secondary N) is 2. The van der Waals surface area contributed by atoms with Crippen LogP contribution in [0.3, 0.4) is 0 Å². The molecule has 27 heavy (non-hydrogen) atoms. The molecule has 1 aliphatic rings. The van der Waals surface area contributed by atoms with Gasteiger partial charge in [-0.15, -0.1) is 0 Å². The normalized spacial score (nSPS) is 15.5. The molecule has 1 atom stereocenters. The Bertz CT molecular complexity index is 907. The predicted molar refractivity (Wildman–Crippen MR) is 102 cm³/mol. The average Bonchev–Trinajstić information content (AvgIpc) is 2.67. The quantitative estimate of drug-likeness (QED) is 0.792. The minimum absolute atomic E-state index is 0.226. The number of carbonyl (C=O) groups excluding carboxylic acids is 2. The molecule has 7 heteroatoms. The minimum atomic E-state index is -0.543. The van der Waals surface area contributed by atoms with Crippen LogP contribution in [0.2, 0.25) is 0 Å². The zero-order valence-electron chi connectivity index (χ0n) is 15.2. The van der Waals surface area contributed by atoms with Crippen LogP contribution in [-0.2, 0) is 9.59 Å². The first kappa shape index (κ1) is 18.3. The Kier molecular flexibility index (Phi) is 5.30. The van der Waals surface area contributed by atoms with Gasteiger partial charge in [-0.1, -0.05) is 0 Å². The largest absolute Gasteiger partial charge is 0.497 e. The molecule has 2 amide bonds. The summed E-state index contributed by atoms with van der Waals surface area (Å²) in [5.41, 5.74) is 1.78. The molecule has 3 rings (SSSR count). The molecule has 0 saturated carbocycles. The van der Waals surface area contributed by atoms with Crippen LogP contribution in [0.15, 0.2) is 42.5 Å². The Morgan fingerprint density at radius 3 is 2.74 bits per heavy atom. The Morgan fingerprint density at radius 2 is 2.00 bits per heavy atom. The van der Waals surface area contributed by atoms with Gasteiger partial charge in [-0.3, -0.25) is 9.59 Å². The molecule has 2 aromatic rings. The summed E-state index contributed by atoms with van der Waals surface area (Å²) in [6.07, 6.45) is 2.49. The first-order valence-electron chi connectivity index (χ1n) is 8.33. The SMILES string of the molecule is COc1ccc(OC)c(C=CC(=O)Nc2ccc3c(c2)NC(=O)C(C)O3)c1.